The summed E-state index contributed by atoms with van der Waals surface area (Å²) in [6.07, 6.45) is 0.810. The number of methoxy groups -OCH3 is 2. The van der Waals surface area contributed by atoms with Gasteiger partial charge in [-0.1, -0.05) is 24.3 Å². The average Bonchev–Trinajstić information content (AvgIpc) is 3.53. The monoisotopic (exact) mass is 601 g/mol. The number of ether oxygens (including phenoxy) is 3. The number of aliphatic hydroxyl groups excluding tert-OH is 2. The predicted octanol–water partition coefficient (Wildman–Crippen LogP) is 3.19. The Morgan fingerprint density at radius 3 is 2.55 bits per heavy atom. The second-order valence-electron chi connectivity index (χ2n) is 10.2. The minimum Gasteiger partial charge on any atom is -0.489 e. The van der Waals surface area contributed by atoms with Crippen molar-refractivity contribution < 1.29 is 24.4 Å². The molecule has 0 saturated carbocycles. The van der Waals surface area contributed by atoms with E-state index < -0.39 is 12.5 Å². The summed E-state index contributed by atoms with van der Waals surface area (Å²) in [5, 5.41) is 36.5. The minimum atomic E-state index is -0.879. The molecule has 0 aliphatic heterocycles. The number of H-pyrrole nitrogens is 1. The molecule has 0 aliphatic rings. The number of aromatic amines is 1. The van der Waals surface area contributed by atoms with Gasteiger partial charge in [-0.2, -0.15) is 5.10 Å². The molecule has 0 radical (unpaired) electrons. The molecule has 0 aliphatic carbocycles. The maximum Gasteiger partial charge on any atom is 0.165 e. The molecule has 5 rings (SSSR count). The van der Waals surface area contributed by atoms with E-state index in [-0.39, 0.29) is 13.2 Å². The van der Waals surface area contributed by atoms with Crippen molar-refractivity contribution in [3.05, 3.63) is 72.9 Å². The molecule has 5 aromatic rings. The van der Waals surface area contributed by atoms with E-state index in [0.29, 0.717) is 49.3 Å². The second-order valence-corrected chi connectivity index (χ2v) is 10.2. The van der Waals surface area contributed by atoms with E-state index >= 15 is 0 Å². The third-order valence-corrected chi connectivity index (χ3v) is 7.05. The lowest BCUT2D eigenvalue weighted by Gasteiger charge is -2.28. The van der Waals surface area contributed by atoms with E-state index in [2.05, 4.69) is 20.8 Å². The zero-order valence-electron chi connectivity index (χ0n) is 24.9. The molecule has 2 atom stereocenters. The van der Waals surface area contributed by atoms with Gasteiger partial charge in [-0.3, -0.25) is 15.7 Å². The number of fused-ring (bicyclic) bond motifs is 2. The highest BCUT2D eigenvalue weighted by Crippen LogP contribution is 2.35. The van der Waals surface area contributed by atoms with Crippen molar-refractivity contribution in [2.24, 2.45) is 0 Å². The number of benzene rings is 3. The Kier molecular flexibility index (Phi) is 11.0. The molecule has 2 heterocycles. The summed E-state index contributed by atoms with van der Waals surface area (Å²) in [6, 6.07) is 21.2. The standard InChI is InChI=1S/C32H39N7O5/c1-42-16-7-14-33-30(41)21-44-28-11-6-4-9-25(28)31-36-27-10-5-3-8-24(27)32(37-31)39(20-29(40)34-15-17-43-2)23-12-13-26-22(18-23)19-35-38-26/h3-6,8-13,18-19,29-30,33-34,40-41H,7,14-17,20-21H2,1-2H3,(H,35,38). The molecule has 12 nitrogen and oxygen atoms in total. The summed E-state index contributed by atoms with van der Waals surface area (Å²) in [5.74, 6) is 1.61. The van der Waals surface area contributed by atoms with E-state index in [1.54, 1.807) is 20.4 Å². The zero-order valence-corrected chi connectivity index (χ0v) is 24.9. The van der Waals surface area contributed by atoms with Crippen LogP contribution in [0.15, 0.2) is 72.9 Å². The van der Waals surface area contributed by atoms with Crippen LogP contribution in [0.25, 0.3) is 33.2 Å². The summed E-state index contributed by atoms with van der Waals surface area (Å²) in [5.41, 5.74) is 3.14. The van der Waals surface area contributed by atoms with E-state index in [4.69, 9.17) is 24.2 Å². The van der Waals surface area contributed by atoms with Gasteiger partial charge in [-0.25, -0.2) is 9.97 Å². The molecule has 3 aromatic carbocycles. The van der Waals surface area contributed by atoms with Crippen molar-refractivity contribution in [1.29, 1.82) is 0 Å². The number of anilines is 2. The van der Waals surface area contributed by atoms with Crippen molar-refractivity contribution in [3.8, 4) is 17.1 Å². The van der Waals surface area contributed by atoms with Gasteiger partial charge in [0.25, 0.3) is 0 Å². The Morgan fingerprint density at radius 2 is 1.68 bits per heavy atom. The van der Waals surface area contributed by atoms with Gasteiger partial charge >= 0.3 is 0 Å². The first-order valence-electron chi connectivity index (χ1n) is 14.6. The Labute approximate surface area is 256 Å². The highest BCUT2D eigenvalue weighted by Gasteiger charge is 2.22. The van der Waals surface area contributed by atoms with Gasteiger partial charge in [0.1, 0.15) is 30.6 Å². The lowest BCUT2D eigenvalue weighted by Crippen LogP contribution is -2.41. The highest BCUT2D eigenvalue weighted by atomic mass is 16.5. The van der Waals surface area contributed by atoms with Crippen LogP contribution in [-0.2, 0) is 9.47 Å². The number of aliphatic hydroxyl groups is 2. The molecule has 0 bridgehead atoms. The second kappa shape index (κ2) is 15.5. The topological polar surface area (TPSA) is 150 Å². The SMILES string of the molecule is COCCCNC(O)COc1ccccc1-c1nc(N(CC(O)NCCOC)c2ccc3[nH]ncc3c2)c2ccccc2n1. The van der Waals surface area contributed by atoms with Crippen LogP contribution in [0.4, 0.5) is 11.5 Å². The van der Waals surface area contributed by atoms with Crippen LogP contribution in [-0.4, -0.2) is 96.5 Å². The van der Waals surface area contributed by atoms with Crippen molar-refractivity contribution in [1.82, 2.24) is 30.8 Å². The maximum absolute atomic E-state index is 11.0. The van der Waals surface area contributed by atoms with Crippen LogP contribution in [0.5, 0.6) is 5.75 Å². The summed E-state index contributed by atoms with van der Waals surface area (Å²) in [7, 11) is 3.27. The average molecular weight is 602 g/mol. The minimum absolute atomic E-state index is 0.0423. The van der Waals surface area contributed by atoms with Crippen molar-refractivity contribution >= 4 is 33.3 Å². The van der Waals surface area contributed by atoms with Gasteiger partial charge in [-0.05, 0) is 55.4 Å². The van der Waals surface area contributed by atoms with Gasteiger partial charge < -0.3 is 29.3 Å². The van der Waals surface area contributed by atoms with Crippen LogP contribution in [0, 0.1) is 0 Å². The van der Waals surface area contributed by atoms with Crippen molar-refractivity contribution in [2.45, 2.75) is 18.9 Å². The van der Waals surface area contributed by atoms with Crippen molar-refractivity contribution in [2.75, 3.05) is 58.6 Å². The third-order valence-electron chi connectivity index (χ3n) is 7.05. The van der Waals surface area contributed by atoms with Gasteiger partial charge in [0.05, 0.1) is 35.9 Å². The molecule has 0 amide bonds. The van der Waals surface area contributed by atoms with Crippen LogP contribution in [0.2, 0.25) is 0 Å². The van der Waals surface area contributed by atoms with Gasteiger partial charge in [0, 0.05) is 43.8 Å². The lowest BCUT2D eigenvalue weighted by atomic mass is 10.1. The molecular formula is C32H39N7O5. The number of nitrogens with zero attached hydrogens (tertiary/aromatic N) is 4. The predicted molar refractivity (Wildman–Crippen MR) is 170 cm³/mol. The van der Waals surface area contributed by atoms with E-state index in [1.165, 1.54) is 0 Å². The van der Waals surface area contributed by atoms with Gasteiger partial charge in [0.2, 0.25) is 0 Å². The van der Waals surface area contributed by atoms with E-state index in [1.807, 2.05) is 71.6 Å². The van der Waals surface area contributed by atoms with Gasteiger partial charge in [-0.15, -0.1) is 0 Å². The Balaban J connectivity index is 1.51. The lowest BCUT2D eigenvalue weighted by molar-refractivity contribution is 0.0765. The Hall–Kier alpha value is -4.17. The molecule has 2 aromatic heterocycles. The number of aromatic nitrogens is 4. The smallest absolute Gasteiger partial charge is 0.165 e. The maximum atomic E-state index is 11.0. The molecule has 12 heteroatoms. The number of rotatable bonds is 17. The third kappa shape index (κ3) is 7.85. The first-order chi connectivity index (χ1) is 21.6. The Morgan fingerprint density at radius 1 is 0.886 bits per heavy atom. The molecular weight excluding hydrogens is 562 g/mol. The number of hydrogen-bond donors (Lipinski definition) is 5. The molecule has 0 fully saturated rings. The fourth-order valence-electron chi connectivity index (χ4n) is 4.85. The largest absolute Gasteiger partial charge is 0.489 e. The Bertz CT molecular complexity index is 1630. The molecule has 2 unspecified atom stereocenters. The number of hydrogen-bond acceptors (Lipinski definition) is 11. The number of nitrogens with one attached hydrogen (secondary N) is 3. The summed E-state index contributed by atoms with van der Waals surface area (Å²) in [6.45, 7) is 2.40. The van der Waals surface area contributed by atoms with Gasteiger partial charge in [0.15, 0.2) is 5.82 Å². The first kappa shape index (κ1) is 31.3. The van der Waals surface area contributed by atoms with Crippen LogP contribution < -0.4 is 20.3 Å². The first-order valence-corrected chi connectivity index (χ1v) is 14.6. The summed E-state index contributed by atoms with van der Waals surface area (Å²) < 4.78 is 16.3. The molecule has 44 heavy (non-hydrogen) atoms. The van der Waals surface area contributed by atoms with Crippen LogP contribution in [0.3, 0.4) is 0 Å². The summed E-state index contributed by atoms with van der Waals surface area (Å²) >= 11 is 0. The fourth-order valence-corrected chi connectivity index (χ4v) is 4.85. The van der Waals surface area contributed by atoms with Crippen LogP contribution in [0.1, 0.15) is 6.42 Å². The van der Waals surface area contributed by atoms with Crippen molar-refractivity contribution in [3.63, 3.8) is 0 Å². The quantitative estimate of drug-likeness (QED) is 0.0790. The fraction of sp³-hybridized carbons (Fsp3) is 0.344. The van der Waals surface area contributed by atoms with Crippen LogP contribution >= 0.6 is 0 Å². The molecule has 0 spiro atoms. The normalized spacial score (nSPS) is 12.9. The highest BCUT2D eigenvalue weighted by molar-refractivity contribution is 5.94. The molecule has 232 valence electrons. The zero-order chi connectivity index (χ0) is 30.7. The molecule has 5 N–H and O–H groups in total. The number of para-hydroxylation sites is 2. The summed E-state index contributed by atoms with van der Waals surface area (Å²) in [4.78, 5) is 12.0. The van der Waals surface area contributed by atoms with E-state index in [0.717, 1.165) is 33.9 Å². The van der Waals surface area contributed by atoms with E-state index in [9.17, 15) is 10.2 Å². The molecule has 0 saturated heterocycles.